The second-order valence-electron chi connectivity index (χ2n) is 4.30. The van der Waals surface area contributed by atoms with Gasteiger partial charge in [0.05, 0.1) is 18.3 Å². The molecule has 0 unspecified atom stereocenters. The molecule has 0 aliphatic carbocycles. The molecular formula is C13H15F3N4O3S. The SMILES string of the molecule is CN=NN(C(C)=O)c1cccc(C(F)(F)F)c1CONC(=O)SC. The van der Waals surface area contributed by atoms with Crippen LogP contribution in [-0.2, 0) is 22.4 Å². The first-order valence-corrected chi connectivity index (χ1v) is 7.70. The number of amides is 2. The van der Waals surface area contributed by atoms with Crippen molar-refractivity contribution in [3.05, 3.63) is 29.3 Å². The van der Waals surface area contributed by atoms with Gasteiger partial charge >= 0.3 is 11.4 Å². The number of halogens is 3. The number of hydrogen-bond donors (Lipinski definition) is 1. The maximum Gasteiger partial charge on any atom is 0.416 e. The van der Waals surface area contributed by atoms with Crippen LogP contribution in [0.5, 0.6) is 0 Å². The predicted molar refractivity (Wildman–Crippen MR) is 82.2 cm³/mol. The third kappa shape index (κ3) is 5.20. The van der Waals surface area contributed by atoms with Gasteiger partial charge in [-0.15, -0.1) is 0 Å². The zero-order chi connectivity index (χ0) is 18.3. The molecule has 0 spiro atoms. The Balaban J connectivity index is 3.31. The van der Waals surface area contributed by atoms with Crippen LogP contribution in [0.15, 0.2) is 28.5 Å². The van der Waals surface area contributed by atoms with E-state index in [1.807, 2.05) is 5.48 Å². The van der Waals surface area contributed by atoms with Gasteiger partial charge in [-0.25, -0.2) is 5.48 Å². The predicted octanol–water partition coefficient (Wildman–Crippen LogP) is 3.56. The summed E-state index contributed by atoms with van der Waals surface area (Å²) in [5.74, 6) is -0.630. The average molecular weight is 364 g/mol. The molecule has 0 aromatic heterocycles. The number of anilines is 1. The lowest BCUT2D eigenvalue weighted by Gasteiger charge is -2.21. The smallest absolute Gasteiger partial charge is 0.273 e. The van der Waals surface area contributed by atoms with Gasteiger partial charge in [0, 0.05) is 12.5 Å². The zero-order valence-electron chi connectivity index (χ0n) is 13.0. The van der Waals surface area contributed by atoms with Crippen LogP contribution >= 0.6 is 11.8 Å². The zero-order valence-corrected chi connectivity index (χ0v) is 13.9. The molecule has 1 aromatic carbocycles. The summed E-state index contributed by atoms with van der Waals surface area (Å²) in [6, 6.07) is 3.27. The van der Waals surface area contributed by atoms with Crippen molar-refractivity contribution in [2.45, 2.75) is 19.7 Å². The molecule has 1 N–H and O–H groups in total. The number of alkyl halides is 3. The van der Waals surface area contributed by atoms with Gasteiger partial charge in [-0.05, 0) is 18.4 Å². The fourth-order valence-corrected chi connectivity index (χ4v) is 1.91. The summed E-state index contributed by atoms with van der Waals surface area (Å²) in [4.78, 5) is 27.6. The number of nitrogens with one attached hydrogen (secondary N) is 1. The quantitative estimate of drug-likeness (QED) is 0.640. The first-order chi connectivity index (χ1) is 11.2. The van der Waals surface area contributed by atoms with Crippen LogP contribution in [0.3, 0.4) is 0 Å². The molecule has 0 fully saturated rings. The van der Waals surface area contributed by atoms with Crippen molar-refractivity contribution in [2.24, 2.45) is 10.3 Å². The first-order valence-electron chi connectivity index (χ1n) is 6.47. The first kappa shape index (κ1) is 19.9. The number of carbonyl (C=O) groups excluding carboxylic acids is 2. The number of rotatable bonds is 5. The molecular weight excluding hydrogens is 349 g/mol. The Bertz CT molecular complexity index is 637. The van der Waals surface area contributed by atoms with Gasteiger partial charge in [-0.1, -0.05) is 23.1 Å². The Morgan fingerprint density at radius 3 is 2.54 bits per heavy atom. The molecule has 1 aromatic rings. The Labute approximate surface area is 140 Å². The minimum absolute atomic E-state index is 0.138. The van der Waals surface area contributed by atoms with E-state index in [4.69, 9.17) is 4.84 Å². The Kier molecular flexibility index (Phi) is 7.17. The summed E-state index contributed by atoms with van der Waals surface area (Å²) in [5, 5.41) is 7.11. The van der Waals surface area contributed by atoms with E-state index in [0.29, 0.717) is 0 Å². The molecule has 0 bridgehead atoms. The number of nitrogens with zero attached hydrogens (tertiary/aromatic N) is 3. The lowest BCUT2D eigenvalue weighted by Crippen LogP contribution is -2.26. The van der Waals surface area contributed by atoms with Crippen LogP contribution in [0.1, 0.15) is 18.1 Å². The highest BCUT2D eigenvalue weighted by Crippen LogP contribution is 2.37. The van der Waals surface area contributed by atoms with Crippen LogP contribution in [0, 0.1) is 0 Å². The normalized spacial score (nSPS) is 11.6. The van der Waals surface area contributed by atoms with E-state index in [2.05, 4.69) is 10.3 Å². The monoisotopic (exact) mass is 364 g/mol. The van der Waals surface area contributed by atoms with Crippen LogP contribution in [0.25, 0.3) is 0 Å². The summed E-state index contributed by atoms with van der Waals surface area (Å²) in [6.07, 6.45) is -3.20. The number of hydroxylamine groups is 1. The third-order valence-electron chi connectivity index (χ3n) is 2.72. The van der Waals surface area contributed by atoms with E-state index in [1.54, 1.807) is 0 Å². The van der Waals surface area contributed by atoms with Gasteiger partial charge in [0.15, 0.2) is 0 Å². The molecule has 0 aliphatic rings. The molecule has 0 saturated heterocycles. The fraction of sp³-hybridized carbons (Fsp3) is 0.385. The Morgan fingerprint density at radius 2 is 2.04 bits per heavy atom. The standard InChI is InChI=1S/C13H15F3N4O3S/c1-8(21)20(19-17-2)11-6-4-5-10(13(14,15)16)9(11)7-23-18-12(22)24-3/h4-6H,7H2,1-3H3,(H,18,22). The largest absolute Gasteiger partial charge is 0.416 e. The maximum absolute atomic E-state index is 13.2. The number of thioether (sulfide) groups is 1. The summed E-state index contributed by atoms with van der Waals surface area (Å²) in [6.45, 7) is 0.523. The molecule has 11 heteroatoms. The minimum Gasteiger partial charge on any atom is -0.273 e. The van der Waals surface area contributed by atoms with Crippen molar-refractivity contribution in [1.29, 1.82) is 0 Å². The number of carbonyl (C=O) groups is 2. The molecule has 1 rings (SSSR count). The third-order valence-corrected chi connectivity index (χ3v) is 3.17. The van der Waals surface area contributed by atoms with Crippen molar-refractivity contribution < 1.29 is 27.6 Å². The highest BCUT2D eigenvalue weighted by atomic mass is 32.2. The molecule has 2 amide bonds. The van der Waals surface area contributed by atoms with Gasteiger partial charge in [0.25, 0.3) is 0 Å². The van der Waals surface area contributed by atoms with E-state index in [-0.39, 0.29) is 11.3 Å². The van der Waals surface area contributed by atoms with Gasteiger partial charge in [0.1, 0.15) is 6.61 Å². The lowest BCUT2D eigenvalue weighted by molar-refractivity contribution is -0.139. The fourth-order valence-electron chi connectivity index (χ4n) is 1.77. The maximum atomic E-state index is 13.2. The Hall–Kier alpha value is -2.14. The molecule has 7 nitrogen and oxygen atoms in total. The second kappa shape index (κ2) is 8.64. The number of benzene rings is 1. The molecule has 0 saturated carbocycles. The molecule has 0 atom stereocenters. The Morgan fingerprint density at radius 1 is 1.38 bits per heavy atom. The van der Waals surface area contributed by atoms with Gasteiger partial charge < -0.3 is 0 Å². The molecule has 24 heavy (non-hydrogen) atoms. The average Bonchev–Trinajstić information content (AvgIpc) is 2.51. The highest BCUT2D eigenvalue weighted by molar-refractivity contribution is 8.12. The molecule has 132 valence electrons. The van der Waals surface area contributed by atoms with Gasteiger partial charge in [-0.2, -0.15) is 23.3 Å². The van der Waals surface area contributed by atoms with E-state index >= 15 is 0 Å². The van der Waals surface area contributed by atoms with Crippen molar-refractivity contribution in [3.8, 4) is 0 Å². The molecule has 0 radical (unpaired) electrons. The van der Waals surface area contributed by atoms with Crippen LogP contribution < -0.4 is 10.5 Å². The number of hydrogen-bond acceptors (Lipinski definition) is 6. The van der Waals surface area contributed by atoms with Crippen LogP contribution in [-0.4, -0.2) is 24.4 Å². The minimum atomic E-state index is -4.68. The van der Waals surface area contributed by atoms with Crippen molar-refractivity contribution in [1.82, 2.24) is 5.48 Å². The highest BCUT2D eigenvalue weighted by Gasteiger charge is 2.35. The van der Waals surface area contributed by atoms with E-state index in [1.165, 1.54) is 19.4 Å². The van der Waals surface area contributed by atoms with Crippen molar-refractivity contribution in [2.75, 3.05) is 18.3 Å². The van der Waals surface area contributed by atoms with Crippen LogP contribution in [0.2, 0.25) is 0 Å². The summed E-state index contributed by atoms with van der Waals surface area (Å²) < 4.78 is 39.7. The molecule has 0 aliphatic heterocycles. The summed E-state index contributed by atoms with van der Waals surface area (Å²) in [7, 11) is 1.28. The van der Waals surface area contributed by atoms with Crippen LogP contribution in [0.4, 0.5) is 23.7 Å². The summed E-state index contributed by atoms with van der Waals surface area (Å²) in [5.41, 5.74) is 0.492. The van der Waals surface area contributed by atoms with E-state index in [9.17, 15) is 22.8 Å². The topological polar surface area (TPSA) is 83.4 Å². The van der Waals surface area contributed by atoms with Crippen molar-refractivity contribution >= 4 is 28.6 Å². The second-order valence-corrected chi connectivity index (χ2v) is 5.08. The van der Waals surface area contributed by atoms with E-state index in [0.717, 1.165) is 35.8 Å². The van der Waals surface area contributed by atoms with Gasteiger partial charge in [-0.3, -0.25) is 14.4 Å². The van der Waals surface area contributed by atoms with Gasteiger partial charge in [0.2, 0.25) is 5.91 Å². The molecule has 0 heterocycles. The van der Waals surface area contributed by atoms with E-state index < -0.39 is 29.5 Å². The summed E-state index contributed by atoms with van der Waals surface area (Å²) >= 11 is 0.798. The van der Waals surface area contributed by atoms with Crippen molar-refractivity contribution in [3.63, 3.8) is 0 Å². The lowest BCUT2D eigenvalue weighted by atomic mass is 10.0.